The van der Waals surface area contributed by atoms with Gasteiger partial charge in [0.2, 0.25) is 10.0 Å². The summed E-state index contributed by atoms with van der Waals surface area (Å²) in [5.41, 5.74) is 0.824. The second-order valence-electron chi connectivity index (χ2n) is 6.74. The highest BCUT2D eigenvalue weighted by Gasteiger charge is 2.32. The fraction of sp³-hybridized carbons (Fsp3) is 0.647. The summed E-state index contributed by atoms with van der Waals surface area (Å²) in [6, 6.07) is 7.88. The van der Waals surface area contributed by atoms with Gasteiger partial charge in [0.15, 0.2) is 0 Å². The van der Waals surface area contributed by atoms with Gasteiger partial charge < -0.3 is 4.90 Å². The fourth-order valence-corrected chi connectivity index (χ4v) is 5.30. The van der Waals surface area contributed by atoms with E-state index in [1.807, 2.05) is 19.1 Å². The number of sulfonamides is 1. The lowest BCUT2D eigenvalue weighted by molar-refractivity contribution is 0.0892. The maximum atomic E-state index is 12.8. The summed E-state index contributed by atoms with van der Waals surface area (Å²) >= 11 is 0. The van der Waals surface area contributed by atoms with Gasteiger partial charge in [-0.1, -0.05) is 18.2 Å². The Bertz CT molecular complexity index is 631. The second kappa shape index (κ2) is 6.89. The first kappa shape index (κ1) is 16.9. The van der Waals surface area contributed by atoms with Crippen LogP contribution < -0.4 is 0 Å². The number of piperazine rings is 1. The molecule has 0 aliphatic carbocycles. The van der Waals surface area contributed by atoms with Crippen molar-refractivity contribution in [3.63, 3.8) is 0 Å². The number of hydrogen-bond donors (Lipinski definition) is 0. The number of hydrogen-bond acceptors (Lipinski definition) is 4. The van der Waals surface area contributed by atoms with Crippen molar-refractivity contribution in [3.8, 4) is 0 Å². The van der Waals surface area contributed by atoms with E-state index in [9.17, 15) is 8.42 Å². The van der Waals surface area contributed by atoms with Crippen molar-refractivity contribution in [2.45, 2.75) is 30.7 Å². The Kier molecular flexibility index (Phi) is 5.06. The Morgan fingerprint density at radius 3 is 2.17 bits per heavy atom. The molecule has 0 amide bonds. The first-order chi connectivity index (χ1) is 11.0. The van der Waals surface area contributed by atoms with Gasteiger partial charge >= 0.3 is 0 Å². The van der Waals surface area contributed by atoms with Crippen LogP contribution in [0.2, 0.25) is 0 Å². The minimum atomic E-state index is -3.36. The highest BCUT2D eigenvalue weighted by Crippen LogP contribution is 2.23. The lowest BCUT2D eigenvalue weighted by Gasteiger charge is -2.41. The summed E-state index contributed by atoms with van der Waals surface area (Å²) < 4.78 is 27.3. The minimum absolute atomic E-state index is 0.452. The molecule has 0 bridgehead atoms. The zero-order valence-corrected chi connectivity index (χ0v) is 14.9. The van der Waals surface area contributed by atoms with E-state index >= 15 is 0 Å². The average Bonchev–Trinajstić information content (AvgIpc) is 2.56. The van der Waals surface area contributed by atoms with Gasteiger partial charge in [-0.15, -0.1) is 0 Å². The maximum absolute atomic E-state index is 12.8. The topological polar surface area (TPSA) is 43.9 Å². The highest BCUT2D eigenvalue weighted by molar-refractivity contribution is 7.89. The predicted molar refractivity (Wildman–Crippen MR) is 92.0 cm³/mol. The molecule has 1 aromatic carbocycles. The lowest BCUT2D eigenvalue weighted by atomic mass is 10.0. The highest BCUT2D eigenvalue weighted by atomic mass is 32.2. The van der Waals surface area contributed by atoms with Crippen LogP contribution in [0, 0.1) is 6.92 Å². The van der Waals surface area contributed by atoms with Crippen LogP contribution in [-0.2, 0) is 10.0 Å². The van der Waals surface area contributed by atoms with Gasteiger partial charge in [0, 0.05) is 32.2 Å². The second-order valence-corrected chi connectivity index (χ2v) is 8.65. The lowest BCUT2D eigenvalue weighted by Crippen LogP contribution is -2.54. The van der Waals surface area contributed by atoms with Crippen LogP contribution in [0.1, 0.15) is 18.4 Å². The van der Waals surface area contributed by atoms with Crippen LogP contribution in [-0.4, -0.2) is 74.9 Å². The molecule has 0 radical (unpaired) electrons. The average molecular weight is 337 g/mol. The molecule has 0 atom stereocenters. The SMILES string of the molecule is Cc1ccccc1S(=O)(=O)N1CCN(C2CCN(C)CC2)CC1. The number of benzene rings is 1. The van der Waals surface area contributed by atoms with Crippen LogP contribution >= 0.6 is 0 Å². The summed E-state index contributed by atoms with van der Waals surface area (Å²) in [7, 11) is -1.19. The third-order valence-electron chi connectivity index (χ3n) is 5.19. The molecule has 2 saturated heterocycles. The van der Waals surface area contributed by atoms with Crippen LogP contribution in [0.5, 0.6) is 0 Å². The zero-order valence-electron chi connectivity index (χ0n) is 14.1. The minimum Gasteiger partial charge on any atom is -0.306 e. The summed E-state index contributed by atoms with van der Waals surface area (Å²) in [4.78, 5) is 5.31. The molecule has 5 nitrogen and oxygen atoms in total. The Labute approximate surface area is 139 Å². The van der Waals surface area contributed by atoms with E-state index in [4.69, 9.17) is 0 Å². The number of nitrogens with zero attached hydrogens (tertiary/aromatic N) is 3. The van der Waals surface area contributed by atoms with Crippen molar-refractivity contribution in [2.24, 2.45) is 0 Å². The van der Waals surface area contributed by atoms with E-state index < -0.39 is 10.0 Å². The van der Waals surface area contributed by atoms with E-state index in [1.54, 1.807) is 16.4 Å². The molecule has 128 valence electrons. The van der Waals surface area contributed by atoms with Gasteiger partial charge in [-0.25, -0.2) is 8.42 Å². The summed E-state index contributed by atoms with van der Waals surface area (Å²) in [5, 5.41) is 0. The van der Waals surface area contributed by atoms with Crippen LogP contribution in [0.15, 0.2) is 29.2 Å². The van der Waals surface area contributed by atoms with Gasteiger partial charge in [-0.05, 0) is 51.5 Å². The molecule has 1 aromatic rings. The van der Waals surface area contributed by atoms with Crippen LogP contribution in [0.3, 0.4) is 0 Å². The normalized spacial score (nSPS) is 23.2. The number of aryl methyl sites for hydroxylation is 1. The van der Waals surface area contributed by atoms with Crippen LogP contribution in [0.4, 0.5) is 0 Å². The van der Waals surface area contributed by atoms with Crippen molar-refractivity contribution in [1.82, 2.24) is 14.1 Å². The largest absolute Gasteiger partial charge is 0.306 e. The molecule has 0 N–H and O–H groups in total. The van der Waals surface area contributed by atoms with E-state index in [0.717, 1.165) is 31.7 Å². The molecular weight excluding hydrogens is 310 g/mol. The molecule has 23 heavy (non-hydrogen) atoms. The molecule has 0 unspecified atom stereocenters. The first-order valence-electron chi connectivity index (χ1n) is 8.47. The maximum Gasteiger partial charge on any atom is 0.243 e. The summed E-state index contributed by atoms with van der Waals surface area (Å²) in [6.45, 7) is 7.05. The monoisotopic (exact) mass is 337 g/mol. The zero-order chi connectivity index (χ0) is 16.4. The quantitative estimate of drug-likeness (QED) is 0.836. The van der Waals surface area contributed by atoms with Gasteiger partial charge in [0.1, 0.15) is 0 Å². The van der Waals surface area contributed by atoms with Gasteiger partial charge in [0.05, 0.1) is 4.90 Å². The van der Waals surface area contributed by atoms with Gasteiger partial charge in [-0.2, -0.15) is 4.31 Å². The smallest absolute Gasteiger partial charge is 0.243 e. The number of piperidine rings is 1. The molecular formula is C17H27N3O2S. The van der Waals surface area contributed by atoms with Crippen molar-refractivity contribution >= 4 is 10.0 Å². The fourth-order valence-electron chi connectivity index (χ4n) is 3.65. The summed E-state index contributed by atoms with van der Waals surface area (Å²) in [5.74, 6) is 0. The Morgan fingerprint density at radius 2 is 1.57 bits per heavy atom. The van der Waals surface area contributed by atoms with Crippen molar-refractivity contribution in [3.05, 3.63) is 29.8 Å². The Balaban J connectivity index is 1.64. The number of rotatable bonds is 3. The van der Waals surface area contributed by atoms with E-state index in [0.29, 0.717) is 24.0 Å². The van der Waals surface area contributed by atoms with Crippen LogP contribution in [0.25, 0.3) is 0 Å². The van der Waals surface area contributed by atoms with Crippen molar-refractivity contribution < 1.29 is 8.42 Å². The standard InChI is InChI=1S/C17H27N3O2S/c1-15-5-3-4-6-17(15)23(21,22)20-13-11-19(12-14-20)16-7-9-18(2)10-8-16/h3-6,16H,7-14H2,1-2H3. The molecule has 2 heterocycles. The first-order valence-corrected chi connectivity index (χ1v) is 9.91. The third-order valence-corrected chi connectivity index (χ3v) is 7.25. The Hall–Kier alpha value is -0.950. The molecule has 2 fully saturated rings. The van der Waals surface area contributed by atoms with E-state index in [-0.39, 0.29) is 0 Å². The van der Waals surface area contributed by atoms with Gasteiger partial charge in [0.25, 0.3) is 0 Å². The molecule has 2 aliphatic rings. The Morgan fingerprint density at radius 1 is 0.957 bits per heavy atom. The number of likely N-dealkylation sites (tertiary alicyclic amines) is 1. The summed E-state index contributed by atoms with van der Waals surface area (Å²) in [6.07, 6.45) is 2.39. The van der Waals surface area contributed by atoms with Crippen molar-refractivity contribution in [1.29, 1.82) is 0 Å². The van der Waals surface area contributed by atoms with E-state index in [1.165, 1.54) is 12.8 Å². The van der Waals surface area contributed by atoms with E-state index in [2.05, 4.69) is 16.8 Å². The molecule has 6 heteroatoms. The third kappa shape index (κ3) is 3.60. The van der Waals surface area contributed by atoms with Crippen molar-refractivity contribution in [2.75, 3.05) is 46.3 Å². The predicted octanol–water partition coefficient (Wildman–Crippen LogP) is 1.40. The molecule has 2 aliphatic heterocycles. The van der Waals surface area contributed by atoms with Gasteiger partial charge in [-0.3, -0.25) is 4.90 Å². The molecule has 0 aromatic heterocycles. The molecule has 0 saturated carbocycles. The molecule has 0 spiro atoms. The molecule has 3 rings (SSSR count).